The Morgan fingerprint density at radius 3 is 1.17 bits per heavy atom. The molecule has 0 unspecified atom stereocenters. The highest BCUT2D eigenvalue weighted by Crippen LogP contribution is 2.03. The first-order valence-electron chi connectivity index (χ1n) is 0.730. The lowest BCUT2D eigenvalue weighted by Crippen LogP contribution is -2.24. The Bertz CT molecular complexity index is 53.7. The lowest BCUT2D eigenvalue weighted by molar-refractivity contribution is -0.432. The second kappa shape index (κ2) is 2.31. The van der Waals surface area contributed by atoms with Gasteiger partial charge in [-0.05, 0) is 0 Å². The van der Waals surface area contributed by atoms with Crippen LogP contribution in [0.2, 0.25) is 0 Å². The van der Waals surface area contributed by atoms with Crippen molar-refractivity contribution in [2.75, 3.05) is 0 Å². The molecule has 0 saturated heterocycles. The summed E-state index contributed by atoms with van der Waals surface area (Å²) in [5.74, 6) is 0. The fraction of sp³-hybridized carbons (Fsp3) is 1.00. The summed E-state index contributed by atoms with van der Waals surface area (Å²) in [5, 5.41) is 0. The summed E-state index contributed by atoms with van der Waals surface area (Å²) in [7, 11) is -5.39. The van der Waals surface area contributed by atoms with Crippen molar-refractivity contribution < 1.29 is 19.2 Å². The van der Waals surface area contributed by atoms with Gasteiger partial charge < -0.3 is 19.2 Å². The lowest BCUT2D eigenvalue weighted by atomic mass is 12.0. The quantitative estimate of drug-likeness (QED) is 0.332. The van der Waals surface area contributed by atoms with Crippen LogP contribution in [-0.2, 0) is 4.57 Å². The second-order valence-corrected chi connectivity index (χ2v) is 1.34. The van der Waals surface area contributed by atoms with E-state index in [1.165, 1.54) is 0 Å². The van der Waals surface area contributed by atoms with E-state index in [0.29, 0.717) is 0 Å². The third-order valence-electron chi connectivity index (χ3n) is 0. The minimum Gasteiger partial charge on any atom is -0.822 e. The number of rotatable bonds is 0. The van der Waals surface area contributed by atoms with Crippen molar-refractivity contribution in [1.29, 1.82) is 0 Å². The SMILES string of the molecule is C.O=P([O-])([O-])[O-]. The van der Waals surface area contributed by atoms with E-state index >= 15 is 0 Å². The van der Waals surface area contributed by atoms with Crippen LogP contribution in [0.1, 0.15) is 7.43 Å². The van der Waals surface area contributed by atoms with Gasteiger partial charge >= 0.3 is 0 Å². The first kappa shape index (κ1) is 9.44. The molecule has 0 heterocycles. The molecule has 0 rings (SSSR count). The molecule has 0 bridgehead atoms. The molecule has 5 heteroatoms. The maximum absolute atomic E-state index is 8.55. The van der Waals surface area contributed by atoms with E-state index < -0.39 is 7.82 Å². The first-order valence-corrected chi connectivity index (χ1v) is 2.19. The van der Waals surface area contributed by atoms with Crippen molar-refractivity contribution >= 4 is 7.82 Å². The van der Waals surface area contributed by atoms with E-state index in [2.05, 4.69) is 0 Å². The van der Waals surface area contributed by atoms with Crippen molar-refractivity contribution in [3.63, 3.8) is 0 Å². The molecule has 0 spiro atoms. The number of hydrogen-bond acceptors (Lipinski definition) is 4. The van der Waals surface area contributed by atoms with E-state index in [4.69, 9.17) is 19.2 Å². The van der Waals surface area contributed by atoms with Crippen LogP contribution in [0.5, 0.6) is 0 Å². The molecule has 0 N–H and O–H groups in total. The normalized spacial score (nSPS) is 9.83. The van der Waals surface area contributed by atoms with Crippen LogP contribution in [-0.4, -0.2) is 0 Å². The highest BCUT2D eigenvalue weighted by molar-refractivity contribution is 7.40. The van der Waals surface area contributed by atoms with E-state index in [1.807, 2.05) is 0 Å². The van der Waals surface area contributed by atoms with Crippen LogP contribution < -0.4 is 14.7 Å². The van der Waals surface area contributed by atoms with Gasteiger partial charge in [0.1, 0.15) is 0 Å². The molecule has 0 aliphatic rings. The summed E-state index contributed by atoms with van der Waals surface area (Å²) in [6.07, 6.45) is 0. The Morgan fingerprint density at radius 2 is 1.17 bits per heavy atom. The van der Waals surface area contributed by atoms with Gasteiger partial charge in [0.25, 0.3) is 0 Å². The Kier molecular flexibility index (Phi) is 3.64. The van der Waals surface area contributed by atoms with Crippen molar-refractivity contribution in [1.82, 2.24) is 0 Å². The molecule has 0 aromatic carbocycles. The highest BCUT2D eigenvalue weighted by Gasteiger charge is 1.44. The number of hydrogen-bond donors (Lipinski definition) is 0. The van der Waals surface area contributed by atoms with Crippen LogP contribution in [0.15, 0.2) is 0 Å². The first-order chi connectivity index (χ1) is 2.00. The maximum Gasteiger partial charge on any atom is -0.0776 e. The zero-order valence-electron chi connectivity index (χ0n) is 2.08. The van der Waals surface area contributed by atoms with Gasteiger partial charge in [-0.2, -0.15) is 7.82 Å². The van der Waals surface area contributed by atoms with Crippen LogP contribution in [0.4, 0.5) is 0 Å². The Hall–Kier alpha value is 0.110. The summed E-state index contributed by atoms with van der Waals surface area (Å²) in [4.78, 5) is 25.6. The average molecular weight is 111 g/mol. The molecule has 0 atom stereocenters. The van der Waals surface area contributed by atoms with E-state index in [-0.39, 0.29) is 7.43 Å². The van der Waals surface area contributed by atoms with Crippen molar-refractivity contribution in [3.8, 4) is 0 Å². The van der Waals surface area contributed by atoms with Gasteiger partial charge in [0.2, 0.25) is 0 Å². The lowest BCUT2D eigenvalue weighted by Gasteiger charge is -2.36. The summed E-state index contributed by atoms with van der Waals surface area (Å²) < 4.78 is 8.55. The Labute approximate surface area is 35.7 Å². The minimum atomic E-state index is -5.39. The fourth-order valence-electron chi connectivity index (χ4n) is 0. The molecule has 0 radical (unpaired) electrons. The van der Waals surface area contributed by atoms with Gasteiger partial charge in [-0.15, -0.1) is 0 Å². The molecule has 0 saturated carbocycles. The highest BCUT2D eigenvalue weighted by atomic mass is 31.2. The van der Waals surface area contributed by atoms with Gasteiger partial charge in [0.15, 0.2) is 0 Å². The van der Waals surface area contributed by atoms with Crippen LogP contribution in [0.3, 0.4) is 0 Å². The molecule has 0 amide bonds. The molecule has 0 aliphatic carbocycles. The average Bonchev–Trinajstić information content (AvgIpc) is 0.722. The molecule has 0 fully saturated rings. The van der Waals surface area contributed by atoms with Crippen molar-refractivity contribution in [2.45, 2.75) is 7.43 Å². The zero-order valence-corrected chi connectivity index (χ0v) is 2.97. The molecule has 4 nitrogen and oxygen atoms in total. The molecule has 0 aromatic heterocycles. The molecular weight excluding hydrogens is 107 g/mol. The smallest absolute Gasteiger partial charge is 0.0776 e. The molecule has 0 aliphatic heterocycles. The standard InChI is InChI=1S/CH4.H3O4P/c;1-5(2,3)4/h1H4;(H3,1,2,3,4)/p-3. The molecule has 0 aromatic rings. The summed E-state index contributed by atoms with van der Waals surface area (Å²) in [6, 6.07) is 0. The van der Waals surface area contributed by atoms with Crippen molar-refractivity contribution in [3.05, 3.63) is 0 Å². The maximum atomic E-state index is 8.55. The van der Waals surface area contributed by atoms with Crippen molar-refractivity contribution in [2.24, 2.45) is 0 Å². The summed E-state index contributed by atoms with van der Waals surface area (Å²) in [5.41, 5.74) is 0. The van der Waals surface area contributed by atoms with Crippen LogP contribution >= 0.6 is 7.82 Å². The fourth-order valence-corrected chi connectivity index (χ4v) is 0. The van der Waals surface area contributed by atoms with Crippen LogP contribution in [0, 0.1) is 0 Å². The van der Waals surface area contributed by atoms with Gasteiger partial charge in [0, 0.05) is 0 Å². The van der Waals surface area contributed by atoms with Gasteiger partial charge in [-0.3, -0.25) is 0 Å². The zero-order chi connectivity index (χ0) is 4.50. The minimum absolute atomic E-state index is 0. The van der Waals surface area contributed by atoms with E-state index in [1.54, 1.807) is 0 Å². The third kappa shape index (κ3) is 3290. The second-order valence-electron chi connectivity index (χ2n) is 0.447. The topological polar surface area (TPSA) is 86.2 Å². The summed E-state index contributed by atoms with van der Waals surface area (Å²) in [6.45, 7) is 0. The van der Waals surface area contributed by atoms with E-state index in [0.717, 1.165) is 0 Å². The Balaban J connectivity index is 0. The van der Waals surface area contributed by atoms with Gasteiger partial charge in [-0.1, -0.05) is 7.43 Å². The van der Waals surface area contributed by atoms with E-state index in [9.17, 15) is 0 Å². The predicted octanol–water partition coefficient (Wildman–Crippen LogP) is -2.19. The molecule has 6 heavy (non-hydrogen) atoms. The monoisotopic (exact) mass is 111 g/mol. The molecule has 40 valence electrons. The Morgan fingerprint density at radius 1 is 1.17 bits per heavy atom. The molecular formula is CH4O4P-3. The largest absolute Gasteiger partial charge is 0.822 e. The van der Waals surface area contributed by atoms with Gasteiger partial charge in [0.05, 0.1) is 0 Å². The predicted molar refractivity (Wildman–Crippen MR) is 14.3 cm³/mol. The van der Waals surface area contributed by atoms with Crippen LogP contribution in [0.25, 0.3) is 0 Å². The number of phosphoric acid groups is 1. The summed E-state index contributed by atoms with van der Waals surface area (Å²) >= 11 is 0. The third-order valence-corrected chi connectivity index (χ3v) is 0. The van der Waals surface area contributed by atoms with Gasteiger partial charge in [-0.25, -0.2) is 0 Å².